The fraction of sp³-hybridized carbons (Fsp3) is 0.0769. The van der Waals surface area contributed by atoms with Gasteiger partial charge in [-0.25, -0.2) is 0 Å². The van der Waals surface area contributed by atoms with Gasteiger partial charge in [-0.2, -0.15) is 25.3 Å². The lowest BCUT2D eigenvalue weighted by Gasteiger charge is -2.18. The number of allylic oxidation sites excluding steroid dienone is 1. The van der Waals surface area contributed by atoms with Gasteiger partial charge in [-0.15, -0.1) is 0 Å². The van der Waals surface area contributed by atoms with Gasteiger partial charge in [-0.1, -0.05) is 30.8 Å². The number of rotatable bonds is 4. The fourth-order valence-electron chi connectivity index (χ4n) is 2.52. The van der Waals surface area contributed by atoms with Crippen molar-refractivity contribution < 1.29 is 38.9 Å². The Morgan fingerprint density at radius 3 is 1.50 bits per heavy atom. The number of benzene rings is 2. The zero-order valence-corrected chi connectivity index (χ0v) is 15.0. The van der Waals surface area contributed by atoms with Gasteiger partial charge in [0.2, 0.25) is 0 Å². The van der Waals surface area contributed by atoms with E-state index in [1.165, 1.54) is 25.1 Å². The lowest BCUT2D eigenvalue weighted by Crippen LogP contribution is -2.17. The maximum atomic E-state index is 11.8. The molecule has 2 aromatic rings. The van der Waals surface area contributed by atoms with Crippen molar-refractivity contribution in [2.24, 2.45) is 0 Å². The van der Waals surface area contributed by atoms with Crippen LogP contribution < -0.4 is 0 Å². The van der Waals surface area contributed by atoms with Gasteiger partial charge in [0.05, 0.1) is 0 Å². The molecule has 13 heteroatoms. The van der Waals surface area contributed by atoms with E-state index in [0.29, 0.717) is 0 Å². The Morgan fingerprint density at radius 2 is 1.15 bits per heavy atom. The van der Waals surface area contributed by atoms with E-state index >= 15 is 0 Å². The minimum atomic E-state index is -5.50. The quantitative estimate of drug-likeness (QED) is 0.464. The largest absolute Gasteiger partial charge is 0.316 e. The van der Waals surface area contributed by atoms with Gasteiger partial charge in [0.15, 0.2) is 0 Å². The molecular weight excluding hydrogens is 421 g/mol. The fourth-order valence-corrected chi connectivity index (χ4v) is 6.20. The molecule has 0 spiro atoms. The van der Waals surface area contributed by atoms with Gasteiger partial charge < -0.3 is 0 Å². The maximum absolute atomic E-state index is 11.8. The van der Waals surface area contributed by atoms with Crippen molar-refractivity contribution in [2.75, 3.05) is 0 Å². The average Bonchev–Trinajstić information content (AvgIpc) is 2.41. The van der Waals surface area contributed by atoms with Crippen LogP contribution in [0.15, 0.2) is 45.5 Å². The summed E-state index contributed by atoms with van der Waals surface area (Å²) in [5.74, 6) is 0. The lowest BCUT2D eigenvalue weighted by molar-refractivity contribution is 0.457. The standard InChI is InChI=1S/C13H12O9S3.Mg.2H/c1-7(2)10-8-5-3-4-6-9(8)11(23(14,15)16)13(25(20,21)22)12(10)24(17,18)19;;;/h3-6H,1H2,2H3,(H,14,15,16)(H,17,18,19)(H,20,21,22);;;. The van der Waals surface area contributed by atoms with E-state index in [1.54, 1.807) is 0 Å². The lowest BCUT2D eigenvalue weighted by atomic mass is 10.00. The molecule has 0 saturated heterocycles. The normalized spacial score (nSPS) is 12.6. The highest BCUT2D eigenvalue weighted by Crippen LogP contribution is 2.41. The third-order valence-corrected chi connectivity index (χ3v) is 6.33. The van der Waals surface area contributed by atoms with E-state index in [2.05, 4.69) is 6.58 Å². The summed E-state index contributed by atoms with van der Waals surface area (Å²) in [7, 11) is -16.2. The highest BCUT2D eigenvalue weighted by Gasteiger charge is 2.37. The van der Waals surface area contributed by atoms with Crippen LogP contribution >= 0.6 is 0 Å². The van der Waals surface area contributed by atoms with E-state index < -0.39 is 50.6 Å². The molecule has 0 aliphatic heterocycles. The summed E-state index contributed by atoms with van der Waals surface area (Å²) in [4.78, 5) is -4.38. The molecule has 2 rings (SSSR count). The summed E-state index contributed by atoms with van der Waals surface area (Å²) in [5.41, 5.74) is -0.436. The Bertz CT molecular complexity index is 1230. The molecule has 0 fully saturated rings. The summed E-state index contributed by atoms with van der Waals surface area (Å²) < 4.78 is 99.0. The molecule has 0 radical (unpaired) electrons. The molecule has 0 aliphatic carbocycles. The highest BCUT2D eigenvalue weighted by atomic mass is 32.2. The number of hydrogen-bond donors (Lipinski definition) is 3. The molecule has 140 valence electrons. The monoisotopic (exact) mass is 434 g/mol. The second-order valence-corrected chi connectivity index (χ2v) is 9.19. The first-order chi connectivity index (χ1) is 11.2. The molecule has 3 N–H and O–H groups in total. The van der Waals surface area contributed by atoms with Crippen LogP contribution in [0.1, 0.15) is 12.5 Å². The molecular formula is C13H14MgO9S3. The Balaban J connectivity index is 0.00000338. The van der Waals surface area contributed by atoms with Gasteiger partial charge in [0.1, 0.15) is 14.7 Å². The first kappa shape index (κ1) is 23.0. The molecule has 0 aliphatic rings. The van der Waals surface area contributed by atoms with Gasteiger partial charge in [0, 0.05) is 10.9 Å². The van der Waals surface area contributed by atoms with Crippen LogP contribution in [-0.4, -0.2) is 62.0 Å². The van der Waals surface area contributed by atoms with Crippen LogP contribution in [0.25, 0.3) is 16.3 Å². The zero-order chi connectivity index (χ0) is 19.4. The second kappa shape index (κ2) is 7.16. The highest BCUT2D eigenvalue weighted by molar-refractivity contribution is 7.90. The van der Waals surface area contributed by atoms with Crippen molar-refractivity contribution in [3.05, 3.63) is 36.4 Å². The molecule has 0 bridgehead atoms. The van der Waals surface area contributed by atoms with Gasteiger partial charge >= 0.3 is 23.1 Å². The SMILES string of the molecule is C=C(C)c1c(S(=O)(=O)O)c(S(=O)(=O)O)c(S(=O)(=O)O)c2ccccc12.[MgH2]. The molecule has 0 saturated carbocycles. The second-order valence-electron chi connectivity index (χ2n) is 5.11. The first-order valence-corrected chi connectivity index (χ1v) is 10.7. The van der Waals surface area contributed by atoms with Crippen LogP contribution in [0.5, 0.6) is 0 Å². The molecule has 9 nitrogen and oxygen atoms in total. The van der Waals surface area contributed by atoms with E-state index in [9.17, 15) is 38.9 Å². The molecule has 2 aromatic carbocycles. The van der Waals surface area contributed by atoms with Crippen molar-refractivity contribution in [3.63, 3.8) is 0 Å². The summed E-state index contributed by atoms with van der Waals surface area (Å²) in [6.07, 6.45) is 0. The van der Waals surface area contributed by atoms with Gasteiger partial charge in [-0.3, -0.25) is 13.7 Å². The first-order valence-electron chi connectivity index (χ1n) is 6.34. The van der Waals surface area contributed by atoms with Crippen molar-refractivity contribution in [3.8, 4) is 0 Å². The van der Waals surface area contributed by atoms with Crippen LogP contribution in [-0.2, 0) is 30.4 Å². The Hall–Kier alpha value is -1.06. The van der Waals surface area contributed by atoms with Crippen molar-refractivity contribution in [1.82, 2.24) is 0 Å². The van der Waals surface area contributed by atoms with E-state index in [4.69, 9.17) is 0 Å². The molecule has 0 unspecified atom stereocenters. The summed E-state index contributed by atoms with van der Waals surface area (Å²) in [6.45, 7) is 4.79. The minimum absolute atomic E-state index is 0. The summed E-state index contributed by atoms with van der Waals surface area (Å²) in [6, 6.07) is 5.05. The smallest absolute Gasteiger partial charge is 0.282 e. The molecule has 0 heterocycles. The third-order valence-electron chi connectivity index (χ3n) is 3.28. The zero-order valence-electron chi connectivity index (χ0n) is 12.5. The Morgan fingerprint density at radius 1 is 0.769 bits per heavy atom. The predicted molar refractivity (Wildman–Crippen MR) is 96.6 cm³/mol. The minimum Gasteiger partial charge on any atom is -0.282 e. The molecule has 26 heavy (non-hydrogen) atoms. The molecule has 0 amide bonds. The average molecular weight is 435 g/mol. The third kappa shape index (κ3) is 4.09. The van der Waals surface area contributed by atoms with Crippen LogP contribution in [0, 0.1) is 0 Å². The van der Waals surface area contributed by atoms with Crippen LogP contribution in [0.2, 0.25) is 0 Å². The topological polar surface area (TPSA) is 163 Å². The predicted octanol–water partition coefficient (Wildman–Crippen LogP) is 0.697. The van der Waals surface area contributed by atoms with E-state index in [0.717, 1.165) is 6.07 Å². The van der Waals surface area contributed by atoms with Crippen molar-refractivity contribution in [2.45, 2.75) is 21.6 Å². The van der Waals surface area contributed by atoms with Crippen molar-refractivity contribution >= 4 is 69.8 Å². The Labute approximate surface area is 166 Å². The van der Waals surface area contributed by atoms with E-state index in [1.807, 2.05) is 0 Å². The summed E-state index contributed by atoms with van der Waals surface area (Å²) in [5, 5.41) is -0.481. The van der Waals surface area contributed by atoms with Crippen LogP contribution in [0.3, 0.4) is 0 Å². The maximum Gasteiger partial charge on any atom is 0.316 e. The van der Waals surface area contributed by atoms with Gasteiger partial charge in [0.25, 0.3) is 30.4 Å². The number of fused-ring (bicyclic) bond motifs is 1. The molecule has 0 aromatic heterocycles. The molecule has 0 atom stereocenters. The summed E-state index contributed by atoms with van der Waals surface area (Å²) >= 11 is 0. The number of hydrogen-bond acceptors (Lipinski definition) is 6. The Kier molecular flexibility index (Phi) is 6.33. The van der Waals surface area contributed by atoms with Crippen molar-refractivity contribution in [1.29, 1.82) is 0 Å². The van der Waals surface area contributed by atoms with Crippen LogP contribution in [0.4, 0.5) is 0 Å². The van der Waals surface area contributed by atoms with Gasteiger partial charge in [-0.05, 0) is 17.9 Å². The van der Waals surface area contributed by atoms with E-state index in [-0.39, 0.29) is 39.4 Å².